The highest BCUT2D eigenvalue weighted by atomic mass is 16.6. The zero-order chi connectivity index (χ0) is 28.7. The predicted molar refractivity (Wildman–Crippen MR) is 182 cm³/mol. The molecule has 200 valence electrons. The minimum Gasteiger partial charge on any atom is -0.258 e. The van der Waals surface area contributed by atoms with Crippen LogP contribution < -0.4 is 0 Å². The van der Waals surface area contributed by atoms with Gasteiger partial charge >= 0.3 is 0 Å². The van der Waals surface area contributed by atoms with Crippen molar-refractivity contribution >= 4 is 91.9 Å². The van der Waals surface area contributed by atoms with E-state index in [1.54, 1.807) is 6.07 Å². The Bertz CT molecular complexity index is 2690. The summed E-state index contributed by atoms with van der Waals surface area (Å²) in [6.07, 6.45) is 0. The van der Waals surface area contributed by atoms with Crippen LogP contribution in [0.1, 0.15) is 0 Å². The maximum Gasteiger partial charge on any atom is 0.277 e. The zero-order valence-corrected chi connectivity index (χ0v) is 23.0. The van der Waals surface area contributed by atoms with Crippen molar-refractivity contribution in [1.29, 1.82) is 0 Å². The Kier molecular flexibility index (Phi) is 4.91. The summed E-state index contributed by atoms with van der Waals surface area (Å²) in [5.41, 5.74) is 0.167. The van der Waals surface area contributed by atoms with Crippen LogP contribution >= 0.6 is 0 Å². The first-order chi connectivity index (χ1) is 21.2. The summed E-state index contributed by atoms with van der Waals surface area (Å²) >= 11 is 0. The highest BCUT2D eigenvalue weighted by molar-refractivity contribution is 6.30. The van der Waals surface area contributed by atoms with Crippen molar-refractivity contribution in [2.24, 2.45) is 0 Å². The van der Waals surface area contributed by atoms with Gasteiger partial charge in [-0.2, -0.15) is 0 Å². The number of non-ortho nitro benzene ring substituents is 1. The number of nitro groups is 1. The first-order valence-corrected chi connectivity index (χ1v) is 14.4. The molecule has 0 aliphatic rings. The number of benzene rings is 10. The summed E-state index contributed by atoms with van der Waals surface area (Å²) in [5, 5.41) is 30.7. The molecule has 0 atom stereocenters. The standard InChI is InChI=1S/C20H11NO2.C20H12/c22-21(23)18-10-7-12-5-8-16-15-4-2-1-3-13(15)11-14-6-9-17(18)19(12)20(14)16;1-2-7-17-15(4-1)12-16-9-8-13-5-3-6-14-10-11-18(17)20(16)19(13)14/h1-11H;1-12H. The Morgan fingerprint density at radius 3 is 1.40 bits per heavy atom. The molecule has 3 heteroatoms. The molecule has 10 aromatic rings. The fraction of sp³-hybridized carbons (Fsp3) is 0. The summed E-state index contributed by atoms with van der Waals surface area (Å²) in [4.78, 5) is 11.1. The van der Waals surface area contributed by atoms with E-state index in [-0.39, 0.29) is 10.6 Å². The van der Waals surface area contributed by atoms with Crippen molar-refractivity contribution in [3.8, 4) is 0 Å². The molecular weight excluding hydrogens is 526 g/mol. The first kappa shape index (κ1) is 23.9. The van der Waals surface area contributed by atoms with Crippen LogP contribution in [0.4, 0.5) is 5.69 Å². The number of hydrogen-bond acceptors (Lipinski definition) is 2. The fourth-order valence-electron chi connectivity index (χ4n) is 7.19. The summed E-state index contributed by atoms with van der Waals surface area (Å²) < 4.78 is 0. The predicted octanol–water partition coefficient (Wildman–Crippen LogP) is 11.4. The van der Waals surface area contributed by atoms with Gasteiger partial charge in [-0.25, -0.2) is 0 Å². The minimum atomic E-state index is -0.302. The van der Waals surface area contributed by atoms with E-state index in [1.165, 1.54) is 53.9 Å². The van der Waals surface area contributed by atoms with E-state index in [2.05, 4.69) is 103 Å². The second-order valence-electron chi connectivity index (χ2n) is 11.3. The number of rotatable bonds is 1. The Morgan fingerprint density at radius 1 is 0.349 bits per heavy atom. The molecule has 0 saturated heterocycles. The van der Waals surface area contributed by atoms with Gasteiger partial charge in [0.05, 0.1) is 10.3 Å². The second-order valence-corrected chi connectivity index (χ2v) is 11.3. The van der Waals surface area contributed by atoms with Gasteiger partial charge in [0.25, 0.3) is 5.69 Å². The lowest BCUT2D eigenvalue weighted by atomic mass is 9.90. The SMILES string of the molecule is O=[N+]([O-])c1ccc2ccc3c4ccccc4cc4ccc1c2c43.c1ccc2c(c1)cc1ccc3cccc4ccc2c1c34. The average molecular weight is 550 g/mol. The van der Waals surface area contributed by atoms with Gasteiger partial charge in [0.2, 0.25) is 0 Å². The van der Waals surface area contributed by atoms with Gasteiger partial charge in [-0.3, -0.25) is 10.1 Å². The van der Waals surface area contributed by atoms with Crippen molar-refractivity contribution in [2.45, 2.75) is 0 Å². The molecule has 0 aromatic heterocycles. The van der Waals surface area contributed by atoms with E-state index >= 15 is 0 Å². The Labute approximate surface area is 246 Å². The van der Waals surface area contributed by atoms with Gasteiger partial charge in [-0.1, -0.05) is 109 Å². The van der Waals surface area contributed by atoms with Gasteiger partial charge in [0.15, 0.2) is 0 Å². The molecule has 0 N–H and O–H groups in total. The number of fused-ring (bicyclic) bond motifs is 4. The third-order valence-corrected chi connectivity index (χ3v) is 9.05. The molecule has 43 heavy (non-hydrogen) atoms. The quantitative estimate of drug-likeness (QED) is 0.0884. The molecule has 0 amide bonds. The second kappa shape index (κ2) is 8.85. The van der Waals surface area contributed by atoms with Gasteiger partial charge < -0.3 is 0 Å². The summed E-state index contributed by atoms with van der Waals surface area (Å²) in [5.74, 6) is 0. The van der Waals surface area contributed by atoms with Crippen LogP contribution in [0.25, 0.3) is 86.2 Å². The van der Waals surface area contributed by atoms with Crippen LogP contribution in [0, 0.1) is 10.1 Å². The molecule has 0 heterocycles. The Hall–Kier alpha value is -5.80. The van der Waals surface area contributed by atoms with Gasteiger partial charge in [-0.15, -0.1) is 0 Å². The van der Waals surface area contributed by atoms with E-state index in [9.17, 15) is 10.1 Å². The monoisotopic (exact) mass is 549 g/mol. The average Bonchev–Trinajstić information content (AvgIpc) is 3.05. The molecule has 0 fully saturated rings. The molecule has 10 rings (SSSR count). The van der Waals surface area contributed by atoms with Crippen LogP contribution in [-0.2, 0) is 0 Å². The number of hydrogen-bond donors (Lipinski definition) is 0. The van der Waals surface area contributed by atoms with Crippen molar-refractivity contribution in [3.63, 3.8) is 0 Å². The molecule has 10 aromatic carbocycles. The van der Waals surface area contributed by atoms with E-state index in [0.29, 0.717) is 5.39 Å². The Morgan fingerprint density at radius 2 is 0.767 bits per heavy atom. The molecule has 0 bridgehead atoms. The fourth-order valence-corrected chi connectivity index (χ4v) is 7.19. The van der Waals surface area contributed by atoms with Gasteiger partial charge in [-0.05, 0) is 99.7 Å². The molecule has 3 nitrogen and oxygen atoms in total. The smallest absolute Gasteiger partial charge is 0.258 e. The topological polar surface area (TPSA) is 43.1 Å². The van der Waals surface area contributed by atoms with Gasteiger partial charge in [0.1, 0.15) is 0 Å². The Balaban J connectivity index is 0.000000122. The van der Waals surface area contributed by atoms with Crippen molar-refractivity contribution < 1.29 is 4.92 Å². The molecular formula is C40H23NO2. The number of nitro benzene ring substituents is 1. The van der Waals surface area contributed by atoms with Crippen LogP contribution in [0.2, 0.25) is 0 Å². The van der Waals surface area contributed by atoms with Crippen LogP contribution in [0.3, 0.4) is 0 Å². The maximum atomic E-state index is 11.4. The molecule has 0 unspecified atom stereocenters. The lowest BCUT2D eigenvalue weighted by Crippen LogP contribution is -1.92. The highest BCUT2D eigenvalue weighted by Crippen LogP contribution is 2.41. The van der Waals surface area contributed by atoms with Crippen molar-refractivity contribution in [1.82, 2.24) is 0 Å². The highest BCUT2D eigenvalue weighted by Gasteiger charge is 2.17. The summed E-state index contributed by atoms with van der Waals surface area (Å²) in [6.45, 7) is 0. The summed E-state index contributed by atoms with van der Waals surface area (Å²) in [7, 11) is 0. The van der Waals surface area contributed by atoms with Crippen LogP contribution in [-0.4, -0.2) is 4.92 Å². The lowest BCUT2D eigenvalue weighted by molar-refractivity contribution is -0.383. The molecule has 0 aliphatic heterocycles. The van der Waals surface area contributed by atoms with Gasteiger partial charge in [0, 0.05) is 11.5 Å². The van der Waals surface area contributed by atoms with Crippen molar-refractivity contribution in [2.75, 3.05) is 0 Å². The van der Waals surface area contributed by atoms with E-state index in [0.717, 1.165) is 26.9 Å². The lowest BCUT2D eigenvalue weighted by Gasteiger charge is -2.13. The van der Waals surface area contributed by atoms with E-state index < -0.39 is 0 Å². The van der Waals surface area contributed by atoms with Crippen molar-refractivity contribution in [3.05, 3.63) is 150 Å². The summed E-state index contributed by atoms with van der Waals surface area (Å²) in [6, 6.07) is 48.4. The zero-order valence-electron chi connectivity index (χ0n) is 23.0. The largest absolute Gasteiger partial charge is 0.277 e. The third kappa shape index (κ3) is 3.42. The molecule has 0 radical (unpaired) electrons. The first-order valence-electron chi connectivity index (χ1n) is 14.4. The maximum absolute atomic E-state index is 11.4. The van der Waals surface area contributed by atoms with Crippen LogP contribution in [0.5, 0.6) is 0 Å². The van der Waals surface area contributed by atoms with Crippen LogP contribution in [0.15, 0.2) is 140 Å². The normalized spacial score (nSPS) is 11.9. The number of nitrogens with zero attached hydrogens (tertiary/aromatic N) is 1. The molecule has 0 spiro atoms. The minimum absolute atomic E-state index is 0.167. The van der Waals surface area contributed by atoms with E-state index in [4.69, 9.17) is 0 Å². The third-order valence-electron chi connectivity index (χ3n) is 9.05. The molecule has 0 aliphatic carbocycles. The van der Waals surface area contributed by atoms with E-state index in [1.807, 2.05) is 30.3 Å². The molecule has 0 saturated carbocycles.